The Bertz CT molecular complexity index is 745. The van der Waals surface area contributed by atoms with Crippen LogP contribution in [0.25, 0.3) is 0 Å². The second-order valence-electron chi connectivity index (χ2n) is 5.49. The molecule has 2 N–H and O–H groups in total. The highest BCUT2D eigenvalue weighted by Gasteiger charge is 2.58. The maximum atomic E-state index is 13.4. The van der Waals surface area contributed by atoms with Gasteiger partial charge >= 0.3 is 6.18 Å². The fraction of sp³-hybridized carbons (Fsp3) is 0.375. The summed E-state index contributed by atoms with van der Waals surface area (Å²) in [4.78, 5) is 15.6. The molecule has 6 nitrogen and oxygen atoms in total. The molecule has 0 aliphatic heterocycles. The molecule has 0 saturated heterocycles. The Hall–Kier alpha value is -2.55. The number of aliphatic hydroxyl groups is 1. The van der Waals surface area contributed by atoms with Crippen LogP contribution in [0.1, 0.15) is 17.8 Å². The molecule has 0 aliphatic carbocycles. The summed E-state index contributed by atoms with van der Waals surface area (Å²) in [5.41, 5.74) is -2.78. The standard InChI is InChI=1S/C16H18F3N3O3/c1-22-8-7-20-14(22)15(24,16(17,18)19)9-13(23)21-10-11-5-3-4-6-12(11)25-2/h3-8,24H,9-10H2,1-2H3,(H,21,23)/t15-/m1/s1. The van der Waals surface area contributed by atoms with E-state index in [4.69, 9.17) is 4.74 Å². The van der Waals surface area contributed by atoms with Crippen molar-refractivity contribution in [2.75, 3.05) is 7.11 Å². The van der Waals surface area contributed by atoms with Gasteiger partial charge in [-0.2, -0.15) is 13.2 Å². The van der Waals surface area contributed by atoms with E-state index < -0.39 is 29.9 Å². The molecule has 2 rings (SSSR count). The van der Waals surface area contributed by atoms with Gasteiger partial charge in [0, 0.05) is 31.5 Å². The molecule has 25 heavy (non-hydrogen) atoms. The van der Waals surface area contributed by atoms with Crippen molar-refractivity contribution in [3.05, 3.63) is 48.0 Å². The number of carbonyl (C=O) groups is 1. The van der Waals surface area contributed by atoms with Crippen LogP contribution < -0.4 is 10.1 Å². The summed E-state index contributed by atoms with van der Waals surface area (Å²) in [6.07, 6.45) is -3.87. The van der Waals surface area contributed by atoms with Crippen molar-refractivity contribution in [2.24, 2.45) is 7.05 Å². The van der Waals surface area contributed by atoms with Crippen molar-refractivity contribution in [1.29, 1.82) is 0 Å². The molecule has 1 aromatic carbocycles. The quantitative estimate of drug-likeness (QED) is 0.828. The zero-order chi connectivity index (χ0) is 18.7. The van der Waals surface area contributed by atoms with E-state index in [9.17, 15) is 23.1 Å². The molecule has 0 bridgehead atoms. The largest absolute Gasteiger partial charge is 0.496 e. The molecule has 136 valence electrons. The number of rotatable bonds is 6. The zero-order valence-electron chi connectivity index (χ0n) is 13.7. The molecule has 1 aromatic heterocycles. The minimum absolute atomic E-state index is 0.0304. The van der Waals surface area contributed by atoms with Crippen LogP contribution in [0, 0.1) is 0 Å². The highest BCUT2D eigenvalue weighted by molar-refractivity contribution is 5.77. The lowest BCUT2D eigenvalue weighted by Gasteiger charge is -2.29. The smallest absolute Gasteiger partial charge is 0.425 e. The van der Waals surface area contributed by atoms with Crippen LogP contribution in [0.2, 0.25) is 0 Å². The van der Waals surface area contributed by atoms with Crippen molar-refractivity contribution < 1.29 is 27.8 Å². The van der Waals surface area contributed by atoms with Crippen molar-refractivity contribution in [2.45, 2.75) is 24.7 Å². The van der Waals surface area contributed by atoms with Gasteiger partial charge in [0.05, 0.1) is 13.5 Å². The number of methoxy groups -OCH3 is 1. The third kappa shape index (κ3) is 3.93. The van der Waals surface area contributed by atoms with Gasteiger partial charge in [-0.05, 0) is 6.07 Å². The second kappa shape index (κ2) is 7.14. The van der Waals surface area contributed by atoms with E-state index in [1.807, 2.05) is 0 Å². The molecule has 9 heteroatoms. The average Bonchev–Trinajstić information content (AvgIpc) is 2.98. The number of ether oxygens (including phenoxy) is 1. The lowest BCUT2D eigenvalue weighted by molar-refractivity contribution is -0.271. The summed E-state index contributed by atoms with van der Waals surface area (Å²) in [6, 6.07) is 6.78. The van der Waals surface area contributed by atoms with Crippen molar-refractivity contribution in [1.82, 2.24) is 14.9 Å². The van der Waals surface area contributed by atoms with E-state index in [0.717, 1.165) is 10.8 Å². The summed E-state index contributed by atoms with van der Waals surface area (Å²) in [7, 11) is 2.76. The predicted octanol–water partition coefficient (Wildman–Crippen LogP) is 1.89. The molecule has 0 aliphatic rings. The fourth-order valence-electron chi connectivity index (χ4n) is 2.41. The van der Waals surface area contributed by atoms with Crippen LogP contribution in [0.5, 0.6) is 5.75 Å². The predicted molar refractivity (Wildman–Crippen MR) is 82.6 cm³/mol. The Morgan fingerprint density at radius 1 is 1.36 bits per heavy atom. The van der Waals surface area contributed by atoms with Crippen molar-refractivity contribution in [3.8, 4) is 5.75 Å². The molecule has 1 amide bonds. The van der Waals surface area contributed by atoms with Crippen molar-refractivity contribution >= 4 is 5.91 Å². The first-order chi connectivity index (χ1) is 11.7. The minimum atomic E-state index is -5.06. The number of aromatic nitrogens is 2. The lowest BCUT2D eigenvalue weighted by atomic mass is 9.97. The highest BCUT2D eigenvalue weighted by atomic mass is 19.4. The van der Waals surface area contributed by atoms with Crippen LogP contribution in [0.4, 0.5) is 13.2 Å². The number of nitrogens with one attached hydrogen (secondary N) is 1. The maximum absolute atomic E-state index is 13.4. The Morgan fingerprint density at radius 2 is 2.04 bits per heavy atom. The number of imidazole rings is 1. The van der Waals surface area contributed by atoms with Crippen LogP contribution in [-0.2, 0) is 24.0 Å². The van der Waals surface area contributed by atoms with E-state index in [-0.39, 0.29) is 6.54 Å². The van der Waals surface area contributed by atoms with E-state index in [2.05, 4.69) is 10.3 Å². The van der Waals surface area contributed by atoms with Gasteiger partial charge in [-0.25, -0.2) is 4.98 Å². The van der Waals surface area contributed by atoms with Crippen LogP contribution in [0.15, 0.2) is 36.7 Å². The first kappa shape index (κ1) is 18.8. The summed E-state index contributed by atoms with van der Waals surface area (Å²) >= 11 is 0. The zero-order valence-corrected chi connectivity index (χ0v) is 13.7. The van der Waals surface area contributed by atoms with Crippen LogP contribution in [-0.4, -0.2) is 33.9 Å². The molecule has 0 unspecified atom stereocenters. The van der Waals surface area contributed by atoms with E-state index >= 15 is 0 Å². The van der Waals surface area contributed by atoms with Gasteiger partial charge in [0.25, 0.3) is 0 Å². The van der Waals surface area contributed by atoms with E-state index in [1.54, 1.807) is 24.3 Å². The van der Waals surface area contributed by atoms with E-state index in [1.165, 1.54) is 20.4 Å². The number of para-hydroxylation sites is 1. The van der Waals surface area contributed by atoms with Gasteiger partial charge in [0.2, 0.25) is 11.5 Å². The topological polar surface area (TPSA) is 76.4 Å². The van der Waals surface area contributed by atoms with Gasteiger partial charge in [0.15, 0.2) is 5.82 Å². The number of hydrogen-bond acceptors (Lipinski definition) is 4. The summed E-state index contributed by atoms with van der Waals surface area (Å²) in [5.74, 6) is -1.11. The highest BCUT2D eigenvalue weighted by Crippen LogP contribution is 2.40. The van der Waals surface area contributed by atoms with E-state index in [0.29, 0.717) is 11.3 Å². The third-order valence-corrected chi connectivity index (χ3v) is 3.74. The number of halogens is 3. The van der Waals surface area contributed by atoms with Crippen molar-refractivity contribution in [3.63, 3.8) is 0 Å². The Morgan fingerprint density at radius 3 is 2.60 bits per heavy atom. The van der Waals surface area contributed by atoms with Gasteiger partial charge < -0.3 is 19.7 Å². The minimum Gasteiger partial charge on any atom is -0.496 e. The number of nitrogens with zero attached hydrogens (tertiary/aromatic N) is 2. The number of benzene rings is 1. The molecule has 0 saturated carbocycles. The summed E-state index contributed by atoms with van der Waals surface area (Å²) in [5, 5.41) is 12.5. The number of aryl methyl sites for hydroxylation is 1. The number of carbonyl (C=O) groups excluding carboxylic acids is 1. The van der Waals surface area contributed by atoms with Gasteiger partial charge in [-0.3, -0.25) is 4.79 Å². The van der Waals surface area contributed by atoms with Crippen LogP contribution in [0.3, 0.4) is 0 Å². The molecular formula is C16H18F3N3O3. The SMILES string of the molecule is COc1ccccc1CNC(=O)C[C@@](O)(c1nccn1C)C(F)(F)F. The molecule has 0 radical (unpaired) electrons. The maximum Gasteiger partial charge on any atom is 0.425 e. The molecule has 0 spiro atoms. The Kier molecular flexibility index (Phi) is 5.36. The number of amides is 1. The number of hydrogen-bond donors (Lipinski definition) is 2. The summed E-state index contributed by atoms with van der Waals surface area (Å²) < 4.78 is 46.3. The van der Waals surface area contributed by atoms with Gasteiger partial charge in [-0.15, -0.1) is 0 Å². The fourth-order valence-corrected chi connectivity index (χ4v) is 2.41. The van der Waals surface area contributed by atoms with Gasteiger partial charge in [0.1, 0.15) is 5.75 Å². The Labute approximate surface area is 142 Å². The molecule has 2 aromatic rings. The van der Waals surface area contributed by atoms with Gasteiger partial charge in [-0.1, -0.05) is 18.2 Å². The average molecular weight is 357 g/mol. The van der Waals surface area contributed by atoms with Crippen LogP contribution >= 0.6 is 0 Å². The summed E-state index contributed by atoms with van der Waals surface area (Å²) in [6.45, 7) is -0.0304. The normalized spacial score (nSPS) is 14.0. The molecule has 1 heterocycles. The lowest BCUT2D eigenvalue weighted by Crippen LogP contribution is -2.47. The molecule has 1 atom stereocenters. The monoisotopic (exact) mass is 357 g/mol. The Balaban J connectivity index is 2.15. The molecular weight excluding hydrogens is 339 g/mol. The first-order valence-electron chi connectivity index (χ1n) is 7.34. The molecule has 0 fully saturated rings. The first-order valence-corrected chi connectivity index (χ1v) is 7.34. The number of alkyl halides is 3. The second-order valence-corrected chi connectivity index (χ2v) is 5.49. The third-order valence-electron chi connectivity index (χ3n) is 3.74.